The molecule has 1 fully saturated rings. The zero-order valence-electron chi connectivity index (χ0n) is 11.3. The molecule has 7 heteroatoms. The van der Waals surface area contributed by atoms with Gasteiger partial charge >= 0.3 is 0 Å². The van der Waals surface area contributed by atoms with Gasteiger partial charge in [-0.15, -0.1) is 0 Å². The van der Waals surface area contributed by atoms with Crippen molar-refractivity contribution in [3.8, 4) is 0 Å². The van der Waals surface area contributed by atoms with Crippen molar-refractivity contribution in [3.63, 3.8) is 0 Å². The minimum atomic E-state index is -3.21. The molecule has 1 aliphatic heterocycles. The first-order chi connectivity index (χ1) is 9.44. The van der Waals surface area contributed by atoms with Crippen LogP contribution in [0.25, 0.3) is 0 Å². The highest BCUT2D eigenvalue weighted by atomic mass is 32.2. The Morgan fingerprint density at radius 2 is 1.95 bits per heavy atom. The van der Waals surface area contributed by atoms with E-state index in [-0.39, 0.29) is 23.2 Å². The van der Waals surface area contributed by atoms with E-state index in [1.54, 1.807) is 31.2 Å². The number of rotatable bonds is 6. The molecule has 2 rings (SSSR count). The number of anilines is 1. The average Bonchev–Trinajstić information content (AvgIpc) is 2.35. The molecular formula is C13H18N2O4S. The van der Waals surface area contributed by atoms with E-state index in [0.29, 0.717) is 13.2 Å². The van der Waals surface area contributed by atoms with Gasteiger partial charge in [-0.05, 0) is 24.3 Å². The molecule has 1 amide bonds. The Kier molecular flexibility index (Phi) is 4.29. The molecule has 2 N–H and O–H groups in total. The summed E-state index contributed by atoms with van der Waals surface area (Å²) in [6.45, 7) is 2.78. The van der Waals surface area contributed by atoms with Crippen molar-refractivity contribution in [2.45, 2.75) is 17.9 Å². The predicted molar refractivity (Wildman–Crippen MR) is 75.3 cm³/mol. The van der Waals surface area contributed by atoms with Gasteiger partial charge in [0.05, 0.1) is 36.4 Å². The number of sulfone groups is 1. The van der Waals surface area contributed by atoms with Crippen LogP contribution in [0.15, 0.2) is 29.2 Å². The highest BCUT2D eigenvalue weighted by molar-refractivity contribution is 7.91. The minimum Gasteiger partial charge on any atom is -0.377 e. The van der Waals surface area contributed by atoms with Crippen LogP contribution >= 0.6 is 0 Å². The maximum atomic E-state index is 11.8. The van der Waals surface area contributed by atoms with Crippen molar-refractivity contribution < 1.29 is 17.9 Å². The number of ether oxygens (including phenoxy) is 1. The molecule has 1 aromatic carbocycles. The number of benzene rings is 1. The van der Waals surface area contributed by atoms with Crippen molar-refractivity contribution in [2.75, 3.05) is 30.4 Å². The Balaban J connectivity index is 2.23. The molecule has 0 aliphatic carbocycles. The molecule has 0 aromatic heterocycles. The summed E-state index contributed by atoms with van der Waals surface area (Å²) in [5.41, 5.74) is 6.02. The molecule has 1 aromatic rings. The molecule has 0 unspecified atom stereocenters. The second kappa shape index (κ2) is 5.80. The van der Waals surface area contributed by atoms with E-state index >= 15 is 0 Å². The van der Waals surface area contributed by atoms with Crippen LogP contribution in [0.4, 0.5) is 5.69 Å². The van der Waals surface area contributed by atoms with Crippen molar-refractivity contribution in [1.29, 1.82) is 0 Å². The molecule has 1 aliphatic rings. The summed E-state index contributed by atoms with van der Waals surface area (Å²) in [7, 11) is -3.21. The highest BCUT2D eigenvalue weighted by Gasteiger charge is 2.27. The van der Waals surface area contributed by atoms with E-state index in [1.165, 1.54) is 0 Å². The van der Waals surface area contributed by atoms with E-state index in [2.05, 4.69) is 0 Å². The van der Waals surface area contributed by atoms with Crippen LogP contribution in [-0.2, 0) is 19.4 Å². The zero-order chi connectivity index (χ0) is 14.8. The molecule has 20 heavy (non-hydrogen) atoms. The van der Waals surface area contributed by atoms with Gasteiger partial charge in [0.1, 0.15) is 0 Å². The van der Waals surface area contributed by atoms with E-state index in [1.807, 2.05) is 4.90 Å². The topological polar surface area (TPSA) is 89.7 Å². The van der Waals surface area contributed by atoms with E-state index in [4.69, 9.17) is 10.5 Å². The summed E-state index contributed by atoms with van der Waals surface area (Å²) < 4.78 is 28.6. The Labute approximate surface area is 118 Å². The van der Waals surface area contributed by atoms with E-state index in [9.17, 15) is 13.2 Å². The van der Waals surface area contributed by atoms with Gasteiger partial charge in [0, 0.05) is 5.69 Å². The fourth-order valence-electron chi connectivity index (χ4n) is 2.01. The molecule has 0 saturated carbocycles. The van der Waals surface area contributed by atoms with Crippen LogP contribution in [0.1, 0.15) is 6.92 Å². The van der Waals surface area contributed by atoms with Crippen molar-refractivity contribution in [2.24, 2.45) is 5.73 Å². The molecule has 0 radical (unpaired) electrons. The smallest absolute Gasteiger partial charge is 0.236 e. The SMILES string of the molecule is CCS(=O)(=O)c1ccc(N(CC(N)=O)C2COC2)cc1. The van der Waals surface area contributed by atoms with E-state index in [0.717, 1.165) is 5.69 Å². The van der Waals surface area contributed by atoms with Gasteiger partial charge in [0.15, 0.2) is 9.84 Å². The number of amides is 1. The second-order valence-electron chi connectivity index (χ2n) is 4.68. The monoisotopic (exact) mass is 298 g/mol. The van der Waals surface area contributed by atoms with Gasteiger partial charge in [-0.1, -0.05) is 6.92 Å². The number of primary amides is 1. The van der Waals surface area contributed by atoms with Crippen LogP contribution in [0.5, 0.6) is 0 Å². The summed E-state index contributed by atoms with van der Waals surface area (Å²) in [5.74, 6) is -0.365. The highest BCUT2D eigenvalue weighted by Crippen LogP contribution is 2.23. The third-order valence-electron chi connectivity index (χ3n) is 3.29. The summed E-state index contributed by atoms with van der Waals surface area (Å²) >= 11 is 0. The molecule has 110 valence electrons. The Morgan fingerprint density at radius 3 is 2.35 bits per heavy atom. The van der Waals surface area contributed by atoms with Crippen LogP contribution in [0, 0.1) is 0 Å². The maximum Gasteiger partial charge on any atom is 0.236 e. The summed E-state index contributed by atoms with van der Waals surface area (Å²) in [6, 6.07) is 6.62. The average molecular weight is 298 g/mol. The quantitative estimate of drug-likeness (QED) is 0.808. The number of hydrogen-bond donors (Lipinski definition) is 1. The lowest BCUT2D eigenvalue weighted by atomic mass is 10.1. The number of nitrogens with zero attached hydrogens (tertiary/aromatic N) is 1. The molecule has 0 spiro atoms. The second-order valence-corrected chi connectivity index (χ2v) is 6.96. The van der Waals surface area contributed by atoms with E-state index < -0.39 is 15.7 Å². The van der Waals surface area contributed by atoms with Gasteiger partial charge in [-0.2, -0.15) is 0 Å². The molecule has 0 atom stereocenters. The van der Waals surface area contributed by atoms with Crippen LogP contribution in [-0.4, -0.2) is 45.9 Å². The Morgan fingerprint density at radius 1 is 1.35 bits per heavy atom. The van der Waals surface area contributed by atoms with Gasteiger partial charge < -0.3 is 15.4 Å². The van der Waals surface area contributed by atoms with Gasteiger partial charge in [-0.25, -0.2) is 8.42 Å². The lowest BCUT2D eigenvalue weighted by Gasteiger charge is -2.38. The number of nitrogens with two attached hydrogens (primary N) is 1. The van der Waals surface area contributed by atoms with Gasteiger partial charge in [-0.3, -0.25) is 4.79 Å². The Hall–Kier alpha value is -1.60. The normalized spacial score (nSPS) is 15.7. The molecular weight excluding hydrogens is 280 g/mol. The van der Waals surface area contributed by atoms with Crippen LogP contribution in [0.2, 0.25) is 0 Å². The molecule has 1 heterocycles. The van der Waals surface area contributed by atoms with Crippen molar-refractivity contribution in [3.05, 3.63) is 24.3 Å². The van der Waals surface area contributed by atoms with Crippen LogP contribution in [0.3, 0.4) is 0 Å². The number of carbonyl (C=O) groups is 1. The molecule has 0 bridgehead atoms. The van der Waals surface area contributed by atoms with Crippen molar-refractivity contribution >= 4 is 21.4 Å². The third kappa shape index (κ3) is 3.10. The molecule has 6 nitrogen and oxygen atoms in total. The van der Waals surface area contributed by atoms with Gasteiger partial charge in [0.25, 0.3) is 0 Å². The summed E-state index contributed by atoms with van der Waals surface area (Å²) in [4.78, 5) is 13.3. The first-order valence-electron chi connectivity index (χ1n) is 6.39. The van der Waals surface area contributed by atoms with Crippen molar-refractivity contribution in [1.82, 2.24) is 0 Å². The fraction of sp³-hybridized carbons (Fsp3) is 0.462. The summed E-state index contributed by atoms with van der Waals surface area (Å²) in [5, 5.41) is 0. The number of hydrogen-bond acceptors (Lipinski definition) is 5. The van der Waals surface area contributed by atoms with Crippen LogP contribution < -0.4 is 10.6 Å². The standard InChI is InChI=1S/C13H18N2O4S/c1-2-20(17,18)12-5-3-10(4-6-12)15(7-13(14)16)11-8-19-9-11/h3-6,11H,2,7-9H2,1H3,(H2,14,16). The maximum absolute atomic E-state index is 11.8. The zero-order valence-corrected chi connectivity index (χ0v) is 12.1. The lowest BCUT2D eigenvalue weighted by molar-refractivity contribution is -0.117. The lowest BCUT2D eigenvalue weighted by Crippen LogP contribution is -2.52. The van der Waals surface area contributed by atoms with Gasteiger partial charge in [0.2, 0.25) is 5.91 Å². The Bertz CT molecular complexity index is 579. The first-order valence-corrected chi connectivity index (χ1v) is 8.05. The minimum absolute atomic E-state index is 0.0633. The predicted octanol–water partition coefficient (Wildman–Crippen LogP) is 0.171. The first kappa shape index (κ1) is 14.8. The number of carbonyl (C=O) groups excluding carboxylic acids is 1. The molecule has 1 saturated heterocycles. The summed E-state index contributed by atoms with van der Waals surface area (Å²) in [6.07, 6.45) is 0. The fourth-order valence-corrected chi connectivity index (χ4v) is 2.90. The largest absolute Gasteiger partial charge is 0.377 e. The third-order valence-corrected chi connectivity index (χ3v) is 5.05.